The molecule has 0 aromatic carbocycles. The van der Waals surface area contributed by atoms with E-state index in [1.165, 1.54) is 38.5 Å². The van der Waals surface area contributed by atoms with E-state index in [-0.39, 0.29) is 36.0 Å². The van der Waals surface area contributed by atoms with Gasteiger partial charge >= 0.3 is 41.5 Å². The summed E-state index contributed by atoms with van der Waals surface area (Å²) in [7, 11) is -5.00. The van der Waals surface area contributed by atoms with Gasteiger partial charge in [-0.1, -0.05) is 71.1 Å². The molecule has 0 radical (unpaired) electrons. The molecule has 10 heteroatoms. The van der Waals surface area contributed by atoms with Crippen LogP contribution >= 0.6 is 0 Å². The predicted octanol–water partition coefficient (Wildman–Crippen LogP) is -0.842. The van der Waals surface area contributed by atoms with Gasteiger partial charge < -0.3 is 14.6 Å². The Balaban J connectivity index is 0. The van der Waals surface area contributed by atoms with E-state index in [0.717, 1.165) is 25.7 Å². The van der Waals surface area contributed by atoms with Gasteiger partial charge in [-0.15, -0.1) is 0 Å². The summed E-state index contributed by atoms with van der Waals surface area (Å²) in [6.07, 6.45) is 10.6. The van der Waals surface area contributed by atoms with Gasteiger partial charge in [0.25, 0.3) is 10.1 Å². The van der Waals surface area contributed by atoms with E-state index in [0.29, 0.717) is 6.42 Å². The van der Waals surface area contributed by atoms with Crippen LogP contribution in [-0.2, 0) is 29.2 Å². The minimum absolute atomic E-state index is 0. The van der Waals surface area contributed by atoms with Gasteiger partial charge in [0.1, 0.15) is 0 Å². The van der Waals surface area contributed by atoms with Crippen molar-refractivity contribution >= 4 is 28.0 Å². The number of ether oxygens (including phenoxy) is 1. The largest absolute Gasteiger partial charge is 1.00 e. The van der Waals surface area contributed by atoms with Gasteiger partial charge in [-0.2, -0.15) is 8.42 Å². The quantitative estimate of drug-likeness (QED) is 0.110. The summed E-state index contributed by atoms with van der Waals surface area (Å²) >= 11 is 0. The number of carboxylic acid groups (broad SMARTS) is 1. The Morgan fingerprint density at radius 2 is 1.32 bits per heavy atom. The standard InChI is InChI=1S/C18H32O8S.Na/c1-2-3-4-5-6-7-8-9-10-11-12-13-17(21)26-18(22)15(14-16(19)20)27(23,24)25;/h15H,2-14H2,1H3,(H,19,20)(H,23,24,25);/q;+1/p-1. The van der Waals surface area contributed by atoms with Gasteiger partial charge in [0.2, 0.25) is 0 Å². The Kier molecular flexibility index (Phi) is 18.5. The summed E-state index contributed by atoms with van der Waals surface area (Å²) in [5, 5.41) is 8.09. The first-order chi connectivity index (χ1) is 12.7. The van der Waals surface area contributed by atoms with Crippen LogP contribution in [0.5, 0.6) is 0 Å². The van der Waals surface area contributed by atoms with Gasteiger partial charge in [0.15, 0.2) is 5.25 Å². The number of hydrogen-bond donors (Lipinski definition) is 1. The Bertz CT molecular complexity index is 562. The van der Waals surface area contributed by atoms with E-state index >= 15 is 0 Å². The number of unbranched alkanes of at least 4 members (excludes halogenated alkanes) is 10. The zero-order valence-electron chi connectivity index (χ0n) is 17.0. The molecular weight excluding hydrogens is 399 g/mol. The third-order valence-electron chi connectivity index (χ3n) is 4.17. The first-order valence-corrected chi connectivity index (χ1v) is 11.1. The van der Waals surface area contributed by atoms with Crippen molar-refractivity contribution < 1.29 is 66.8 Å². The molecule has 0 saturated heterocycles. The summed E-state index contributed by atoms with van der Waals surface area (Å²) in [6, 6.07) is 0. The maximum atomic E-state index is 11.6. The molecule has 1 unspecified atom stereocenters. The van der Waals surface area contributed by atoms with Crippen molar-refractivity contribution in [2.75, 3.05) is 0 Å². The molecule has 0 rings (SSSR count). The van der Waals surface area contributed by atoms with Crippen LogP contribution in [0.3, 0.4) is 0 Å². The summed E-state index contributed by atoms with van der Waals surface area (Å²) in [4.78, 5) is 33.6. The van der Waals surface area contributed by atoms with E-state index in [9.17, 15) is 27.9 Å². The van der Waals surface area contributed by atoms with Crippen LogP contribution in [0.25, 0.3) is 0 Å². The molecule has 0 bridgehead atoms. The fourth-order valence-electron chi connectivity index (χ4n) is 2.62. The van der Waals surface area contributed by atoms with E-state index in [2.05, 4.69) is 11.7 Å². The molecular formula is C18H31NaO8S. The van der Waals surface area contributed by atoms with Gasteiger partial charge in [-0.3, -0.25) is 14.1 Å². The minimum atomic E-state index is -5.00. The van der Waals surface area contributed by atoms with Crippen LogP contribution in [0.15, 0.2) is 0 Å². The van der Waals surface area contributed by atoms with Crippen LogP contribution in [0.4, 0.5) is 0 Å². The number of rotatable bonds is 16. The number of esters is 2. The Morgan fingerprint density at radius 3 is 1.71 bits per heavy atom. The van der Waals surface area contributed by atoms with E-state index in [1.807, 2.05) is 0 Å². The molecule has 1 atom stereocenters. The summed E-state index contributed by atoms with van der Waals surface area (Å²) in [5.74, 6) is -4.40. The van der Waals surface area contributed by atoms with Gasteiger partial charge in [0.05, 0.1) is 0 Å². The number of carboxylic acids is 1. The average molecular weight is 430 g/mol. The Labute approximate surface area is 189 Å². The van der Waals surface area contributed by atoms with Gasteiger partial charge in [-0.25, -0.2) is 0 Å². The number of hydrogen-bond acceptors (Lipinski definition) is 7. The van der Waals surface area contributed by atoms with Crippen molar-refractivity contribution in [3.8, 4) is 0 Å². The van der Waals surface area contributed by atoms with Crippen molar-refractivity contribution in [2.45, 2.75) is 95.6 Å². The first-order valence-electron chi connectivity index (χ1n) is 9.59. The second-order valence-electron chi connectivity index (χ2n) is 6.66. The third kappa shape index (κ3) is 16.5. The van der Waals surface area contributed by atoms with Crippen molar-refractivity contribution in [3.63, 3.8) is 0 Å². The van der Waals surface area contributed by atoms with Crippen molar-refractivity contribution in [1.29, 1.82) is 0 Å². The SMILES string of the molecule is CCCCCCCCCCCCCC(=O)OC(=O)C(CC(=O)[O-])S(=O)(=O)O.[Na+]. The molecule has 0 aliphatic rings. The first kappa shape index (κ1) is 29.7. The molecule has 1 N–H and O–H groups in total. The zero-order valence-corrected chi connectivity index (χ0v) is 19.8. The van der Waals surface area contributed by atoms with Crippen molar-refractivity contribution in [1.82, 2.24) is 0 Å². The van der Waals surface area contributed by atoms with Crippen LogP contribution < -0.4 is 34.7 Å². The monoisotopic (exact) mass is 430 g/mol. The molecule has 0 aliphatic heterocycles. The van der Waals surface area contributed by atoms with Gasteiger partial charge in [0, 0.05) is 18.8 Å². The molecule has 0 spiro atoms. The van der Waals surface area contributed by atoms with E-state index in [1.54, 1.807) is 0 Å². The molecule has 0 aromatic heterocycles. The summed E-state index contributed by atoms with van der Waals surface area (Å²) < 4.78 is 35.2. The van der Waals surface area contributed by atoms with Crippen LogP contribution in [0, 0.1) is 0 Å². The molecule has 0 aromatic rings. The van der Waals surface area contributed by atoms with Gasteiger partial charge in [-0.05, 0) is 6.42 Å². The molecule has 158 valence electrons. The van der Waals surface area contributed by atoms with E-state index < -0.39 is 39.7 Å². The van der Waals surface area contributed by atoms with Crippen LogP contribution in [0.2, 0.25) is 0 Å². The maximum absolute atomic E-state index is 11.6. The predicted molar refractivity (Wildman–Crippen MR) is 97.1 cm³/mol. The normalized spacial score (nSPS) is 12.1. The topological polar surface area (TPSA) is 138 Å². The molecule has 0 heterocycles. The Morgan fingerprint density at radius 1 is 0.893 bits per heavy atom. The second-order valence-corrected chi connectivity index (χ2v) is 8.26. The average Bonchev–Trinajstić information content (AvgIpc) is 2.56. The number of carbonyl (C=O) groups excluding carboxylic acids is 3. The third-order valence-corrected chi connectivity index (χ3v) is 5.25. The van der Waals surface area contributed by atoms with Crippen molar-refractivity contribution in [2.24, 2.45) is 0 Å². The molecule has 0 amide bonds. The molecule has 0 fully saturated rings. The zero-order chi connectivity index (χ0) is 20.7. The fourth-order valence-corrected chi connectivity index (χ4v) is 3.26. The summed E-state index contributed by atoms with van der Waals surface area (Å²) in [6.45, 7) is 2.19. The number of carbonyl (C=O) groups is 3. The maximum Gasteiger partial charge on any atom is 1.00 e. The van der Waals surface area contributed by atoms with Crippen molar-refractivity contribution in [3.05, 3.63) is 0 Å². The second kappa shape index (κ2) is 17.4. The summed E-state index contributed by atoms with van der Waals surface area (Å²) in [5.41, 5.74) is 0. The minimum Gasteiger partial charge on any atom is -0.550 e. The smallest absolute Gasteiger partial charge is 0.550 e. The molecule has 8 nitrogen and oxygen atoms in total. The molecule has 28 heavy (non-hydrogen) atoms. The molecule has 0 saturated carbocycles. The van der Waals surface area contributed by atoms with Crippen LogP contribution in [0.1, 0.15) is 90.4 Å². The van der Waals surface area contributed by atoms with Crippen LogP contribution in [-0.4, -0.2) is 36.1 Å². The Hall–Kier alpha value is -0.480. The fraction of sp³-hybridized carbons (Fsp3) is 0.833. The molecule has 0 aliphatic carbocycles. The number of aliphatic carboxylic acids is 1. The van der Waals surface area contributed by atoms with E-state index in [4.69, 9.17) is 4.55 Å².